The molecule has 0 aromatic carbocycles. The van der Waals surface area contributed by atoms with Gasteiger partial charge in [-0.1, -0.05) is 26.0 Å². The molecule has 0 saturated carbocycles. The van der Waals surface area contributed by atoms with Gasteiger partial charge in [-0.2, -0.15) is 0 Å². The maximum absolute atomic E-state index is 12.7. The Morgan fingerprint density at radius 1 is 1.10 bits per heavy atom. The molecule has 7 heteroatoms. The van der Waals surface area contributed by atoms with Gasteiger partial charge in [0.05, 0.1) is 5.60 Å². The molecule has 0 unspecified atom stereocenters. The molecule has 6 atom stereocenters. The molecule has 2 rings (SSSR count). The van der Waals surface area contributed by atoms with Crippen molar-refractivity contribution in [3.63, 3.8) is 0 Å². The lowest BCUT2D eigenvalue weighted by molar-refractivity contribution is -0.178. The van der Waals surface area contributed by atoms with Gasteiger partial charge < -0.3 is 18.9 Å². The molecule has 7 nitrogen and oxygen atoms in total. The highest BCUT2D eigenvalue weighted by atomic mass is 16.6. The normalized spacial score (nSPS) is 35.3. The van der Waals surface area contributed by atoms with Crippen molar-refractivity contribution in [1.82, 2.24) is 0 Å². The van der Waals surface area contributed by atoms with E-state index in [-0.39, 0.29) is 12.0 Å². The fourth-order valence-corrected chi connectivity index (χ4v) is 4.33. The maximum Gasteiger partial charge on any atom is 0.334 e. The number of carbonyl (C=O) groups excluding carboxylic acids is 3. The third kappa shape index (κ3) is 5.97. The molecule has 2 aliphatic rings. The summed E-state index contributed by atoms with van der Waals surface area (Å²) in [7, 11) is 0. The average Bonchev–Trinajstić information content (AvgIpc) is 3.33. The number of epoxide rings is 1. The van der Waals surface area contributed by atoms with Crippen molar-refractivity contribution in [3.8, 4) is 0 Å². The Morgan fingerprint density at radius 2 is 1.68 bits per heavy atom. The van der Waals surface area contributed by atoms with E-state index in [1.165, 1.54) is 13.8 Å². The summed E-state index contributed by atoms with van der Waals surface area (Å²) in [6.07, 6.45) is 2.52. The second kappa shape index (κ2) is 9.98. The van der Waals surface area contributed by atoms with Crippen LogP contribution in [0.4, 0.5) is 0 Å². The summed E-state index contributed by atoms with van der Waals surface area (Å²) < 4.78 is 23.4. The molecule has 1 aliphatic heterocycles. The number of carbonyl (C=O) groups is 3. The van der Waals surface area contributed by atoms with Crippen LogP contribution in [0.25, 0.3) is 0 Å². The number of rotatable bonds is 5. The van der Waals surface area contributed by atoms with Crippen LogP contribution in [0, 0.1) is 11.8 Å². The van der Waals surface area contributed by atoms with E-state index in [1.807, 2.05) is 33.8 Å². The van der Waals surface area contributed by atoms with Crippen LogP contribution in [0.3, 0.4) is 0 Å². The molecule has 0 spiro atoms. The summed E-state index contributed by atoms with van der Waals surface area (Å²) in [4.78, 5) is 36.8. The van der Waals surface area contributed by atoms with Crippen LogP contribution in [-0.2, 0) is 33.3 Å². The van der Waals surface area contributed by atoms with Crippen molar-refractivity contribution < 1.29 is 33.3 Å². The SMILES string of the molecule is C/C=C(\C)C(=O)O[C@H]1/C(C)=C\CC[C@@]2(C)O[C@@H]2[C@@H](OC(C)=O)[C@@H](C(C)C)[C@H]1OC(C)=O. The highest BCUT2D eigenvalue weighted by Gasteiger charge is 2.61. The molecule has 1 saturated heterocycles. The van der Waals surface area contributed by atoms with E-state index < -0.39 is 47.7 Å². The average molecular weight is 437 g/mol. The topological polar surface area (TPSA) is 91.4 Å². The Hall–Kier alpha value is -2.15. The first-order chi connectivity index (χ1) is 14.4. The summed E-state index contributed by atoms with van der Waals surface area (Å²) in [5.74, 6) is -1.90. The molecule has 0 amide bonds. The molecule has 0 radical (unpaired) electrons. The number of ether oxygens (including phenoxy) is 4. The van der Waals surface area contributed by atoms with Crippen LogP contribution in [0.1, 0.15) is 68.2 Å². The lowest BCUT2D eigenvalue weighted by atomic mass is 9.77. The third-order valence-corrected chi connectivity index (χ3v) is 6.22. The van der Waals surface area contributed by atoms with E-state index in [9.17, 15) is 14.4 Å². The second-order valence-electron chi connectivity index (χ2n) is 9.10. The number of esters is 3. The van der Waals surface area contributed by atoms with Crippen molar-refractivity contribution in [1.29, 1.82) is 0 Å². The highest BCUT2D eigenvalue weighted by Crippen LogP contribution is 2.48. The van der Waals surface area contributed by atoms with Crippen molar-refractivity contribution >= 4 is 17.9 Å². The summed E-state index contributed by atoms with van der Waals surface area (Å²) >= 11 is 0. The predicted molar refractivity (Wildman–Crippen MR) is 115 cm³/mol. The minimum absolute atomic E-state index is 0.0570. The summed E-state index contributed by atoms with van der Waals surface area (Å²) in [5.41, 5.74) is 0.830. The van der Waals surface area contributed by atoms with E-state index in [0.717, 1.165) is 12.0 Å². The van der Waals surface area contributed by atoms with Crippen molar-refractivity contribution in [2.75, 3.05) is 0 Å². The molecule has 0 aromatic heterocycles. The smallest absolute Gasteiger partial charge is 0.334 e. The summed E-state index contributed by atoms with van der Waals surface area (Å²) in [6, 6.07) is 0. The van der Waals surface area contributed by atoms with Gasteiger partial charge in [-0.25, -0.2) is 4.79 Å². The molecule has 174 valence electrons. The molecule has 1 aliphatic carbocycles. The fourth-order valence-electron chi connectivity index (χ4n) is 4.33. The predicted octanol–water partition coefficient (Wildman–Crippen LogP) is 3.90. The van der Waals surface area contributed by atoms with Crippen LogP contribution in [0.5, 0.6) is 0 Å². The largest absolute Gasteiger partial charge is 0.459 e. The van der Waals surface area contributed by atoms with Gasteiger partial charge in [0.2, 0.25) is 0 Å². The molecule has 0 N–H and O–H groups in total. The molecule has 31 heavy (non-hydrogen) atoms. The molecule has 1 fully saturated rings. The number of hydrogen-bond acceptors (Lipinski definition) is 7. The Balaban J connectivity index is 2.60. The highest BCUT2D eigenvalue weighted by molar-refractivity contribution is 5.88. The first-order valence-electron chi connectivity index (χ1n) is 10.9. The quantitative estimate of drug-likeness (QED) is 0.212. The zero-order valence-corrected chi connectivity index (χ0v) is 19.9. The molecule has 0 aromatic rings. The maximum atomic E-state index is 12.7. The van der Waals surface area contributed by atoms with Crippen molar-refractivity contribution in [3.05, 3.63) is 23.3 Å². The van der Waals surface area contributed by atoms with E-state index in [0.29, 0.717) is 12.0 Å². The standard InChI is InChI=1S/C24H36O7/c1-9-14(4)23(27)30-19-15(5)11-10-12-24(8)22(31-24)21(29-17(7)26)18(13(2)3)20(19)28-16(6)25/h9,11,13,18-22H,10,12H2,1-8H3/b14-9+,15-11-/t18-,19-,20+,21-,22+,24+/m0/s1. The van der Waals surface area contributed by atoms with Gasteiger partial charge in [-0.3, -0.25) is 9.59 Å². The Kier molecular flexibility index (Phi) is 8.09. The van der Waals surface area contributed by atoms with E-state index in [4.69, 9.17) is 18.9 Å². The fraction of sp³-hybridized carbons (Fsp3) is 0.708. The van der Waals surface area contributed by atoms with E-state index in [1.54, 1.807) is 19.9 Å². The molecular formula is C24H36O7. The van der Waals surface area contributed by atoms with Crippen molar-refractivity contribution in [2.45, 2.75) is 98.2 Å². The van der Waals surface area contributed by atoms with E-state index in [2.05, 4.69) is 0 Å². The Bertz CT molecular complexity index is 766. The monoisotopic (exact) mass is 436 g/mol. The van der Waals surface area contributed by atoms with Gasteiger partial charge >= 0.3 is 17.9 Å². The first kappa shape index (κ1) is 25.1. The first-order valence-corrected chi connectivity index (χ1v) is 10.9. The van der Waals surface area contributed by atoms with Gasteiger partial charge in [-0.05, 0) is 52.0 Å². The van der Waals surface area contributed by atoms with Crippen LogP contribution >= 0.6 is 0 Å². The zero-order chi connectivity index (χ0) is 23.5. The number of hydrogen-bond donors (Lipinski definition) is 0. The second-order valence-corrected chi connectivity index (χ2v) is 9.10. The Labute approximate surface area is 185 Å². The van der Waals surface area contributed by atoms with Gasteiger partial charge in [0.15, 0.2) is 6.10 Å². The van der Waals surface area contributed by atoms with E-state index >= 15 is 0 Å². The van der Waals surface area contributed by atoms with Gasteiger partial charge in [0, 0.05) is 25.3 Å². The van der Waals surface area contributed by atoms with Crippen LogP contribution in [0.2, 0.25) is 0 Å². The van der Waals surface area contributed by atoms with Crippen LogP contribution < -0.4 is 0 Å². The molecule has 0 bridgehead atoms. The van der Waals surface area contributed by atoms with Gasteiger partial charge in [-0.15, -0.1) is 0 Å². The number of allylic oxidation sites excluding steroid dienone is 2. The summed E-state index contributed by atoms with van der Waals surface area (Å²) in [6.45, 7) is 13.9. The van der Waals surface area contributed by atoms with Crippen molar-refractivity contribution in [2.24, 2.45) is 11.8 Å². The minimum Gasteiger partial charge on any atom is -0.459 e. The van der Waals surface area contributed by atoms with Crippen LogP contribution in [0.15, 0.2) is 23.3 Å². The van der Waals surface area contributed by atoms with Gasteiger partial charge in [0.25, 0.3) is 0 Å². The van der Waals surface area contributed by atoms with Crippen LogP contribution in [-0.4, -0.2) is 47.9 Å². The third-order valence-electron chi connectivity index (χ3n) is 6.22. The lowest BCUT2D eigenvalue weighted by Crippen LogP contribution is -2.51. The minimum atomic E-state index is -0.835. The summed E-state index contributed by atoms with van der Waals surface area (Å²) in [5, 5.41) is 0. The molecular weight excluding hydrogens is 400 g/mol. The lowest BCUT2D eigenvalue weighted by Gasteiger charge is -2.39. The zero-order valence-electron chi connectivity index (χ0n) is 19.9. The van der Waals surface area contributed by atoms with Gasteiger partial charge in [0.1, 0.15) is 18.3 Å². The number of fused-ring (bicyclic) bond motifs is 1. The molecule has 1 heterocycles. The Morgan fingerprint density at radius 3 is 2.19 bits per heavy atom.